The van der Waals surface area contributed by atoms with Crippen molar-refractivity contribution in [2.45, 2.75) is 50.2 Å². The minimum absolute atomic E-state index is 0.393. The van der Waals surface area contributed by atoms with Gasteiger partial charge in [-0.1, -0.05) is 0 Å². The van der Waals surface area contributed by atoms with Crippen molar-refractivity contribution in [3.8, 4) is 0 Å². The third-order valence-corrected chi connectivity index (χ3v) is 4.84. The summed E-state index contributed by atoms with van der Waals surface area (Å²) in [6, 6.07) is 0.653. The molecule has 3 heteroatoms. The molecule has 0 radical (unpaired) electrons. The van der Waals surface area contributed by atoms with Crippen LogP contribution in [0.1, 0.15) is 38.5 Å². The Morgan fingerprint density at radius 1 is 1.19 bits per heavy atom. The molecule has 0 aromatic heterocycles. The van der Waals surface area contributed by atoms with Crippen LogP contribution in [0.5, 0.6) is 0 Å². The topological polar surface area (TPSA) is 32.7 Å². The zero-order valence-corrected chi connectivity index (χ0v) is 10.0. The van der Waals surface area contributed by atoms with Crippen LogP contribution in [0, 0.1) is 5.92 Å². The summed E-state index contributed by atoms with van der Waals surface area (Å²) >= 11 is 0. The van der Waals surface area contributed by atoms with Gasteiger partial charge >= 0.3 is 0 Å². The molecule has 3 atom stereocenters. The molecule has 0 saturated carbocycles. The van der Waals surface area contributed by atoms with Crippen LogP contribution in [-0.4, -0.2) is 48.0 Å². The van der Waals surface area contributed by atoms with E-state index in [1.807, 2.05) is 0 Å². The molecule has 0 aromatic rings. The van der Waals surface area contributed by atoms with Gasteiger partial charge in [0.2, 0.25) is 0 Å². The smallest absolute Gasteiger partial charge is 0.0724 e. The molecule has 3 unspecified atom stereocenters. The first-order chi connectivity index (χ1) is 7.78. The van der Waals surface area contributed by atoms with E-state index in [4.69, 9.17) is 4.74 Å². The van der Waals surface area contributed by atoms with E-state index in [0.717, 1.165) is 45.4 Å². The highest BCUT2D eigenvalue weighted by Gasteiger charge is 2.45. The Balaban J connectivity index is 1.68. The number of piperidine rings is 1. The molecular weight excluding hydrogens is 202 g/mol. The predicted molar refractivity (Wildman–Crippen MR) is 62.3 cm³/mol. The number of rotatable bonds is 1. The fourth-order valence-electron chi connectivity index (χ4n) is 3.80. The number of hydrogen-bond donors (Lipinski definition) is 1. The van der Waals surface area contributed by atoms with Crippen LogP contribution in [0.2, 0.25) is 0 Å². The van der Waals surface area contributed by atoms with E-state index in [2.05, 4.69) is 4.90 Å². The molecule has 3 fully saturated rings. The minimum Gasteiger partial charge on any atom is -0.389 e. The molecule has 0 spiro atoms. The summed E-state index contributed by atoms with van der Waals surface area (Å²) in [6.07, 6.45) is 6.83. The molecule has 92 valence electrons. The molecule has 0 aliphatic carbocycles. The van der Waals surface area contributed by atoms with Crippen LogP contribution in [-0.2, 0) is 4.74 Å². The van der Waals surface area contributed by atoms with Crippen molar-refractivity contribution in [2.75, 3.05) is 26.3 Å². The van der Waals surface area contributed by atoms with E-state index in [-0.39, 0.29) is 0 Å². The van der Waals surface area contributed by atoms with E-state index in [0.29, 0.717) is 12.0 Å². The Morgan fingerprint density at radius 2 is 2.12 bits per heavy atom. The van der Waals surface area contributed by atoms with Gasteiger partial charge in [-0.3, -0.25) is 0 Å². The molecule has 0 bridgehead atoms. The first-order valence-corrected chi connectivity index (χ1v) is 6.82. The highest BCUT2D eigenvalue weighted by molar-refractivity contribution is 4.98. The van der Waals surface area contributed by atoms with Crippen molar-refractivity contribution in [2.24, 2.45) is 5.92 Å². The van der Waals surface area contributed by atoms with Crippen molar-refractivity contribution in [3.05, 3.63) is 0 Å². The fourth-order valence-corrected chi connectivity index (χ4v) is 3.80. The zero-order valence-electron chi connectivity index (χ0n) is 10.0. The van der Waals surface area contributed by atoms with Crippen LogP contribution in [0.25, 0.3) is 0 Å². The maximum absolute atomic E-state index is 10.8. The summed E-state index contributed by atoms with van der Waals surface area (Å²) in [4.78, 5) is 2.57. The highest BCUT2D eigenvalue weighted by Crippen LogP contribution is 2.40. The maximum atomic E-state index is 10.8. The lowest BCUT2D eigenvalue weighted by Gasteiger charge is -2.46. The second kappa shape index (κ2) is 4.28. The number of ether oxygens (including phenoxy) is 1. The fraction of sp³-hybridized carbons (Fsp3) is 1.00. The van der Waals surface area contributed by atoms with Crippen molar-refractivity contribution in [1.82, 2.24) is 4.90 Å². The van der Waals surface area contributed by atoms with E-state index in [1.165, 1.54) is 19.4 Å². The molecule has 16 heavy (non-hydrogen) atoms. The van der Waals surface area contributed by atoms with Gasteiger partial charge in [0.1, 0.15) is 0 Å². The summed E-state index contributed by atoms with van der Waals surface area (Å²) in [5.74, 6) is 0.393. The molecule has 1 N–H and O–H groups in total. The first kappa shape index (κ1) is 11.0. The van der Waals surface area contributed by atoms with Crippen LogP contribution in [0.3, 0.4) is 0 Å². The molecule has 3 aliphatic heterocycles. The third kappa shape index (κ3) is 1.89. The standard InChI is InChI=1S/C13H23NO2/c15-13(11-3-2-8-16-10-11)5-7-14-6-1-4-12(14)9-13/h11-12,15H,1-10H2. The lowest BCUT2D eigenvalue weighted by Crippen LogP contribution is -2.53. The van der Waals surface area contributed by atoms with Gasteiger partial charge in [-0.05, 0) is 45.1 Å². The molecular formula is C13H23NO2. The predicted octanol–water partition coefficient (Wildman–Crippen LogP) is 1.40. The maximum Gasteiger partial charge on any atom is 0.0724 e. The van der Waals surface area contributed by atoms with E-state index >= 15 is 0 Å². The first-order valence-electron chi connectivity index (χ1n) is 6.82. The Hall–Kier alpha value is -0.120. The van der Waals surface area contributed by atoms with Gasteiger partial charge < -0.3 is 14.7 Å². The highest BCUT2D eigenvalue weighted by atomic mass is 16.5. The van der Waals surface area contributed by atoms with Crippen LogP contribution < -0.4 is 0 Å². The van der Waals surface area contributed by atoms with Crippen molar-refractivity contribution in [3.63, 3.8) is 0 Å². The molecule has 3 saturated heterocycles. The summed E-state index contributed by atoms with van der Waals surface area (Å²) in [6.45, 7) is 4.02. The monoisotopic (exact) mass is 225 g/mol. The van der Waals surface area contributed by atoms with Crippen molar-refractivity contribution < 1.29 is 9.84 Å². The molecule has 0 amide bonds. The third-order valence-electron chi connectivity index (χ3n) is 4.84. The van der Waals surface area contributed by atoms with Gasteiger partial charge in [-0.2, -0.15) is 0 Å². The Bertz CT molecular complexity index is 252. The SMILES string of the molecule is OC1(C2CCCOC2)CCN2CCCC2C1. The largest absolute Gasteiger partial charge is 0.389 e. The average Bonchev–Trinajstić information content (AvgIpc) is 2.77. The van der Waals surface area contributed by atoms with Gasteiger partial charge in [-0.15, -0.1) is 0 Å². The number of aliphatic hydroxyl groups is 1. The Morgan fingerprint density at radius 3 is 2.94 bits per heavy atom. The van der Waals surface area contributed by atoms with E-state index in [9.17, 15) is 5.11 Å². The van der Waals surface area contributed by atoms with Crippen molar-refractivity contribution in [1.29, 1.82) is 0 Å². The quantitative estimate of drug-likeness (QED) is 0.732. The molecule has 3 nitrogen and oxygen atoms in total. The summed E-state index contributed by atoms with van der Waals surface area (Å²) in [5.41, 5.74) is -0.425. The van der Waals surface area contributed by atoms with Gasteiger partial charge in [0, 0.05) is 25.1 Å². The van der Waals surface area contributed by atoms with E-state index in [1.54, 1.807) is 0 Å². The van der Waals surface area contributed by atoms with Crippen LogP contribution in [0.15, 0.2) is 0 Å². The number of fused-ring (bicyclic) bond motifs is 1. The Kier molecular flexibility index (Phi) is 2.94. The molecule has 3 rings (SSSR count). The molecule has 3 heterocycles. The lowest BCUT2D eigenvalue weighted by molar-refractivity contribution is -0.117. The second-order valence-corrected chi connectivity index (χ2v) is 5.80. The summed E-state index contributed by atoms with van der Waals surface area (Å²) < 4.78 is 5.54. The molecule has 3 aliphatic rings. The summed E-state index contributed by atoms with van der Waals surface area (Å²) in [7, 11) is 0. The van der Waals surface area contributed by atoms with Gasteiger partial charge in [0.25, 0.3) is 0 Å². The number of nitrogens with zero attached hydrogens (tertiary/aromatic N) is 1. The van der Waals surface area contributed by atoms with E-state index < -0.39 is 5.60 Å². The van der Waals surface area contributed by atoms with Crippen molar-refractivity contribution >= 4 is 0 Å². The normalized spacial score (nSPS) is 45.6. The van der Waals surface area contributed by atoms with Gasteiger partial charge in [0.15, 0.2) is 0 Å². The minimum atomic E-state index is -0.425. The number of hydrogen-bond acceptors (Lipinski definition) is 3. The molecule has 0 aromatic carbocycles. The Labute approximate surface area is 97.8 Å². The summed E-state index contributed by atoms with van der Waals surface area (Å²) in [5, 5.41) is 10.8. The van der Waals surface area contributed by atoms with Gasteiger partial charge in [0.05, 0.1) is 12.2 Å². The zero-order chi connectivity index (χ0) is 11.0. The van der Waals surface area contributed by atoms with Gasteiger partial charge in [-0.25, -0.2) is 0 Å². The average molecular weight is 225 g/mol. The van der Waals surface area contributed by atoms with Crippen LogP contribution >= 0.6 is 0 Å². The second-order valence-electron chi connectivity index (χ2n) is 5.80. The lowest BCUT2D eigenvalue weighted by atomic mass is 9.74. The van der Waals surface area contributed by atoms with Crippen LogP contribution in [0.4, 0.5) is 0 Å².